The number of thioether (sulfide) groups is 1. The van der Waals surface area contributed by atoms with Crippen LogP contribution < -0.4 is 5.73 Å². The number of aromatic amines is 1. The van der Waals surface area contributed by atoms with Crippen LogP contribution in [-0.2, 0) is 0 Å². The van der Waals surface area contributed by atoms with E-state index in [2.05, 4.69) is 38.3 Å². The summed E-state index contributed by atoms with van der Waals surface area (Å²) in [4.78, 5) is 17.0. The fourth-order valence-electron chi connectivity index (χ4n) is 1.89. The lowest BCUT2D eigenvalue weighted by atomic mass is 10.2. The highest BCUT2D eigenvalue weighted by atomic mass is 32.2. The molecule has 0 saturated heterocycles. The normalized spacial score (nSPS) is 12.9. The van der Waals surface area contributed by atoms with Crippen LogP contribution in [0.25, 0.3) is 11.2 Å². The summed E-state index contributed by atoms with van der Waals surface area (Å²) < 4.78 is 0. The maximum absolute atomic E-state index is 5.92. The molecule has 98 valence electrons. The Morgan fingerprint density at radius 3 is 3.05 bits per heavy atom. The second-order valence-corrected chi connectivity index (χ2v) is 6.23. The standard InChI is InChI=1S/C12H13N5S2/c1-7-2-3-18-10(7)8(4-13)19-12-9-11(15-5-14-9)16-6-17-12/h2-3,5-6,8H,4,13H2,1H3,(H,14,15,16,17). The summed E-state index contributed by atoms with van der Waals surface area (Å²) in [6.45, 7) is 2.69. The molecule has 1 unspecified atom stereocenters. The lowest BCUT2D eigenvalue weighted by Gasteiger charge is -2.13. The lowest BCUT2D eigenvalue weighted by molar-refractivity contribution is 0.945. The number of rotatable bonds is 4. The minimum Gasteiger partial charge on any atom is -0.341 e. The van der Waals surface area contributed by atoms with Gasteiger partial charge in [-0.1, -0.05) is 11.8 Å². The Balaban J connectivity index is 1.95. The Kier molecular flexibility index (Phi) is 3.50. The number of imidazole rings is 1. The van der Waals surface area contributed by atoms with Crippen molar-refractivity contribution in [2.45, 2.75) is 17.2 Å². The van der Waals surface area contributed by atoms with Gasteiger partial charge < -0.3 is 10.7 Å². The first-order valence-corrected chi connectivity index (χ1v) is 7.60. The average molecular weight is 291 g/mol. The van der Waals surface area contributed by atoms with Gasteiger partial charge in [0.1, 0.15) is 16.9 Å². The molecule has 0 saturated carbocycles. The first kappa shape index (κ1) is 12.6. The fraction of sp³-hybridized carbons (Fsp3) is 0.250. The number of nitrogens with zero attached hydrogens (tertiary/aromatic N) is 3. The summed E-state index contributed by atoms with van der Waals surface area (Å²) in [6, 6.07) is 2.12. The minimum absolute atomic E-state index is 0.210. The number of aryl methyl sites for hydroxylation is 1. The summed E-state index contributed by atoms with van der Waals surface area (Å²) in [7, 11) is 0. The van der Waals surface area contributed by atoms with Crippen molar-refractivity contribution < 1.29 is 0 Å². The van der Waals surface area contributed by atoms with Crippen molar-refractivity contribution in [1.29, 1.82) is 0 Å². The van der Waals surface area contributed by atoms with E-state index < -0.39 is 0 Å². The van der Waals surface area contributed by atoms with Crippen LogP contribution in [0.4, 0.5) is 0 Å². The highest BCUT2D eigenvalue weighted by molar-refractivity contribution is 7.99. The Hall–Kier alpha value is -1.44. The molecule has 0 bridgehead atoms. The zero-order chi connectivity index (χ0) is 13.2. The summed E-state index contributed by atoms with van der Waals surface area (Å²) in [5, 5.41) is 3.20. The van der Waals surface area contributed by atoms with Gasteiger partial charge in [-0.15, -0.1) is 11.3 Å². The van der Waals surface area contributed by atoms with E-state index in [0.717, 1.165) is 10.5 Å². The summed E-state index contributed by atoms with van der Waals surface area (Å²) >= 11 is 3.40. The highest BCUT2D eigenvalue weighted by Crippen LogP contribution is 2.39. The van der Waals surface area contributed by atoms with E-state index >= 15 is 0 Å². The van der Waals surface area contributed by atoms with Gasteiger partial charge >= 0.3 is 0 Å². The molecule has 1 atom stereocenters. The molecule has 0 aliphatic carbocycles. The van der Waals surface area contributed by atoms with E-state index in [1.807, 2.05) is 0 Å². The third kappa shape index (κ3) is 2.36. The molecule has 0 amide bonds. The first-order valence-electron chi connectivity index (χ1n) is 5.84. The molecule has 3 N–H and O–H groups in total. The van der Waals surface area contributed by atoms with Gasteiger partial charge in [-0.25, -0.2) is 15.0 Å². The van der Waals surface area contributed by atoms with E-state index in [1.165, 1.54) is 10.4 Å². The molecule has 7 heteroatoms. The summed E-state index contributed by atoms with van der Waals surface area (Å²) in [5.41, 5.74) is 8.76. The number of hydrogen-bond acceptors (Lipinski definition) is 6. The summed E-state index contributed by atoms with van der Waals surface area (Å²) in [6.07, 6.45) is 3.18. The van der Waals surface area contributed by atoms with Crippen LogP contribution in [0.15, 0.2) is 29.1 Å². The Morgan fingerprint density at radius 2 is 2.32 bits per heavy atom. The van der Waals surface area contributed by atoms with E-state index in [9.17, 15) is 0 Å². The molecule has 0 aromatic carbocycles. The number of nitrogens with two attached hydrogens (primary N) is 1. The van der Waals surface area contributed by atoms with Crippen LogP contribution >= 0.6 is 23.1 Å². The minimum atomic E-state index is 0.210. The van der Waals surface area contributed by atoms with Crippen molar-refractivity contribution >= 4 is 34.3 Å². The average Bonchev–Trinajstić information content (AvgIpc) is 3.05. The van der Waals surface area contributed by atoms with E-state index in [1.54, 1.807) is 35.8 Å². The van der Waals surface area contributed by atoms with Crippen LogP contribution in [0.2, 0.25) is 0 Å². The van der Waals surface area contributed by atoms with Gasteiger partial charge in [-0.05, 0) is 23.9 Å². The molecule has 3 aromatic heterocycles. The molecular formula is C12H13N5S2. The van der Waals surface area contributed by atoms with Crippen molar-refractivity contribution in [2.24, 2.45) is 5.73 Å². The largest absolute Gasteiger partial charge is 0.341 e. The number of fused-ring (bicyclic) bond motifs is 1. The van der Waals surface area contributed by atoms with Crippen molar-refractivity contribution in [2.75, 3.05) is 6.54 Å². The number of hydrogen-bond donors (Lipinski definition) is 2. The molecule has 3 aromatic rings. The maximum atomic E-state index is 5.92. The van der Waals surface area contributed by atoms with E-state index in [-0.39, 0.29) is 5.25 Å². The number of H-pyrrole nitrogens is 1. The third-order valence-corrected chi connectivity index (χ3v) is 5.38. The van der Waals surface area contributed by atoms with E-state index in [4.69, 9.17) is 5.73 Å². The Morgan fingerprint density at radius 1 is 1.42 bits per heavy atom. The molecule has 19 heavy (non-hydrogen) atoms. The monoisotopic (exact) mass is 291 g/mol. The van der Waals surface area contributed by atoms with Crippen molar-refractivity contribution in [1.82, 2.24) is 19.9 Å². The van der Waals surface area contributed by atoms with Gasteiger partial charge in [0.15, 0.2) is 5.65 Å². The zero-order valence-electron chi connectivity index (χ0n) is 10.3. The molecule has 3 heterocycles. The van der Waals surface area contributed by atoms with Gasteiger partial charge in [0.05, 0.1) is 11.6 Å². The van der Waals surface area contributed by atoms with Crippen LogP contribution in [0.5, 0.6) is 0 Å². The molecular weight excluding hydrogens is 278 g/mol. The topological polar surface area (TPSA) is 80.5 Å². The van der Waals surface area contributed by atoms with Crippen molar-refractivity contribution in [3.8, 4) is 0 Å². The predicted molar refractivity (Wildman–Crippen MR) is 78.4 cm³/mol. The van der Waals surface area contributed by atoms with Crippen LogP contribution in [-0.4, -0.2) is 26.5 Å². The fourth-order valence-corrected chi connectivity index (χ4v) is 4.16. The quantitative estimate of drug-likeness (QED) is 0.570. The van der Waals surface area contributed by atoms with Crippen LogP contribution in [0, 0.1) is 6.92 Å². The van der Waals surface area contributed by atoms with Gasteiger partial charge in [0.25, 0.3) is 0 Å². The Labute approximate surface area is 118 Å². The SMILES string of the molecule is Cc1ccsc1C(CN)Sc1ncnc2nc[nH]c12. The second-order valence-electron chi connectivity index (χ2n) is 4.09. The van der Waals surface area contributed by atoms with Gasteiger partial charge in [0, 0.05) is 11.4 Å². The molecule has 0 spiro atoms. The molecule has 0 aliphatic rings. The first-order chi connectivity index (χ1) is 9.29. The van der Waals surface area contributed by atoms with Gasteiger partial charge in [-0.2, -0.15) is 0 Å². The predicted octanol–water partition coefficient (Wildman–Crippen LogP) is 2.51. The van der Waals surface area contributed by atoms with Gasteiger partial charge in [-0.3, -0.25) is 0 Å². The smallest absolute Gasteiger partial charge is 0.181 e. The van der Waals surface area contributed by atoms with E-state index in [0.29, 0.717) is 12.2 Å². The molecule has 0 radical (unpaired) electrons. The molecule has 0 fully saturated rings. The second kappa shape index (κ2) is 5.28. The Bertz CT molecular complexity index is 690. The van der Waals surface area contributed by atoms with Crippen LogP contribution in [0.1, 0.15) is 15.7 Å². The molecule has 5 nitrogen and oxygen atoms in total. The highest BCUT2D eigenvalue weighted by Gasteiger charge is 2.18. The zero-order valence-corrected chi connectivity index (χ0v) is 12.0. The maximum Gasteiger partial charge on any atom is 0.181 e. The molecule has 0 aliphatic heterocycles. The van der Waals surface area contributed by atoms with Crippen LogP contribution in [0.3, 0.4) is 0 Å². The number of aromatic nitrogens is 4. The third-order valence-electron chi connectivity index (χ3n) is 2.85. The number of thiophene rings is 1. The summed E-state index contributed by atoms with van der Waals surface area (Å²) in [5.74, 6) is 0. The van der Waals surface area contributed by atoms with Crippen molar-refractivity contribution in [3.05, 3.63) is 34.5 Å². The van der Waals surface area contributed by atoms with Crippen molar-refractivity contribution in [3.63, 3.8) is 0 Å². The lowest BCUT2D eigenvalue weighted by Crippen LogP contribution is -2.09. The number of nitrogens with one attached hydrogen (secondary N) is 1. The van der Waals surface area contributed by atoms with Gasteiger partial charge in [0.2, 0.25) is 0 Å². The molecule has 3 rings (SSSR count).